The number of benzene rings is 1. The van der Waals surface area contributed by atoms with Gasteiger partial charge in [-0.15, -0.1) is 0 Å². The number of unbranched alkanes of at least 4 members (excludes halogenated alkanes) is 1. The Labute approximate surface area is 99.9 Å². The molecule has 17 heavy (non-hydrogen) atoms. The maximum Gasteiger partial charge on any atom is 0.336 e. The van der Waals surface area contributed by atoms with Gasteiger partial charge < -0.3 is 10.2 Å². The number of aryl methyl sites for hydroxylation is 1. The summed E-state index contributed by atoms with van der Waals surface area (Å²) in [5, 5.41) is 18.0. The van der Waals surface area contributed by atoms with Crippen molar-refractivity contribution in [3.63, 3.8) is 0 Å². The highest BCUT2D eigenvalue weighted by Gasteiger charge is 2.20. The zero-order valence-corrected chi connectivity index (χ0v) is 9.99. The van der Waals surface area contributed by atoms with Crippen molar-refractivity contribution in [3.8, 4) is 0 Å². The Balaban J connectivity index is 3.28. The Morgan fingerprint density at radius 3 is 2.29 bits per heavy atom. The van der Waals surface area contributed by atoms with E-state index in [0.717, 1.165) is 24.8 Å². The predicted octanol–water partition coefficient (Wildman–Crippen LogP) is 2.73. The van der Waals surface area contributed by atoms with Crippen LogP contribution in [0, 0.1) is 6.92 Å². The minimum Gasteiger partial charge on any atom is -0.478 e. The Bertz CT molecular complexity index is 449. The minimum absolute atomic E-state index is 0.0916. The lowest BCUT2D eigenvalue weighted by Gasteiger charge is -2.11. The third kappa shape index (κ3) is 2.84. The Morgan fingerprint density at radius 2 is 1.82 bits per heavy atom. The molecule has 0 spiro atoms. The number of hydrogen-bond donors (Lipinski definition) is 2. The van der Waals surface area contributed by atoms with Gasteiger partial charge in [-0.2, -0.15) is 0 Å². The third-order valence-electron chi connectivity index (χ3n) is 2.82. The van der Waals surface area contributed by atoms with Gasteiger partial charge in [-0.05, 0) is 37.0 Å². The summed E-state index contributed by atoms with van der Waals surface area (Å²) in [6.45, 7) is 3.72. The normalized spacial score (nSPS) is 10.2. The van der Waals surface area contributed by atoms with Crippen molar-refractivity contribution in [1.29, 1.82) is 0 Å². The summed E-state index contributed by atoms with van der Waals surface area (Å²) in [6, 6.07) is 3.09. The van der Waals surface area contributed by atoms with Crippen LogP contribution in [-0.2, 0) is 6.42 Å². The Kier molecular flexibility index (Phi) is 4.26. The first kappa shape index (κ1) is 13.2. The van der Waals surface area contributed by atoms with E-state index in [9.17, 15) is 9.59 Å². The largest absolute Gasteiger partial charge is 0.478 e. The van der Waals surface area contributed by atoms with Gasteiger partial charge >= 0.3 is 11.9 Å². The first-order chi connectivity index (χ1) is 7.99. The van der Waals surface area contributed by atoms with E-state index in [1.807, 2.05) is 0 Å². The molecule has 0 unspecified atom stereocenters. The molecule has 0 saturated heterocycles. The van der Waals surface area contributed by atoms with Gasteiger partial charge in [-0.3, -0.25) is 0 Å². The molecule has 4 nitrogen and oxygen atoms in total. The molecule has 2 N–H and O–H groups in total. The highest BCUT2D eigenvalue weighted by molar-refractivity contribution is 6.03. The smallest absolute Gasteiger partial charge is 0.336 e. The third-order valence-corrected chi connectivity index (χ3v) is 2.82. The molecule has 0 atom stereocenters. The summed E-state index contributed by atoms with van der Waals surface area (Å²) in [6.07, 6.45) is 2.76. The van der Waals surface area contributed by atoms with E-state index < -0.39 is 11.9 Å². The molecule has 1 aromatic rings. The molecule has 0 bridgehead atoms. The van der Waals surface area contributed by atoms with E-state index in [1.165, 1.54) is 6.07 Å². The van der Waals surface area contributed by atoms with Crippen LogP contribution in [-0.4, -0.2) is 22.2 Å². The summed E-state index contributed by atoms with van der Waals surface area (Å²) < 4.78 is 0. The van der Waals surface area contributed by atoms with Crippen LogP contribution in [0.3, 0.4) is 0 Å². The van der Waals surface area contributed by atoms with Crippen molar-refractivity contribution in [2.45, 2.75) is 33.1 Å². The number of carboxylic acid groups (broad SMARTS) is 2. The van der Waals surface area contributed by atoms with Crippen molar-refractivity contribution < 1.29 is 19.8 Å². The highest BCUT2D eigenvalue weighted by atomic mass is 16.4. The fourth-order valence-corrected chi connectivity index (χ4v) is 1.85. The van der Waals surface area contributed by atoms with E-state index in [4.69, 9.17) is 10.2 Å². The molecule has 1 aromatic carbocycles. The van der Waals surface area contributed by atoms with Gasteiger partial charge in [0.15, 0.2) is 0 Å². The Hall–Kier alpha value is -1.84. The van der Waals surface area contributed by atoms with Gasteiger partial charge in [0.05, 0.1) is 11.1 Å². The number of hydrogen-bond acceptors (Lipinski definition) is 2. The molecule has 0 amide bonds. The summed E-state index contributed by atoms with van der Waals surface area (Å²) in [7, 11) is 0. The van der Waals surface area contributed by atoms with Crippen LogP contribution in [0.4, 0.5) is 0 Å². The van der Waals surface area contributed by atoms with Crippen molar-refractivity contribution in [1.82, 2.24) is 0 Å². The van der Waals surface area contributed by atoms with Crippen molar-refractivity contribution in [2.24, 2.45) is 0 Å². The van der Waals surface area contributed by atoms with E-state index in [-0.39, 0.29) is 11.1 Å². The number of carboxylic acids is 2. The topological polar surface area (TPSA) is 74.6 Å². The zero-order chi connectivity index (χ0) is 13.0. The maximum atomic E-state index is 11.1. The lowest BCUT2D eigenvalue weighted by molar-refractivity contribution is 0.0650. The molecule has 0 radical (unpaired) electrons. The monoisotopic (exact) mass is 236 g/mol. The second kappa shape index (κ2) is 5.48. The van der Waals surface area contributed by atoms with E-state index in [1.54, 1.807) is 13.0 Å². The van der Waals surface area contributed by atoms with Crippen LogP contribution in [0.5, 0.6) is 0 Å². The van der Waals surface area contributed by atoms with Crippen LogP contribution in [0.25, 0.3) is 0 Å². The van der Waals surface area contributed by atoms with Crippen LogP contribution in [0.2, 0.25) is 0 Å². The average molecular weight is 236 g/mol. The van der Waals surface area contributed by atoms with Crippen molar-refractivity contribution >= 4 is 11.9 Å². The number of rotatable bonds is 5. The molecule has 4 heteroatoms. The van der Waals surface area contributed by atoms with Gasteiger partial charge in [0.25, 0.3) is 0 Å². The van der Waals surface area contributed by atoms with Crippen molar-refractivity contribution in [3.05, 3.63) is 34.4 Å². The second-order valence-corrected chi connectivity index (χ2v) is 3.99. The van der Waals surface area contributed by atoms with E-state index in [2.05, 4.69) is 6.92 Å². The van der Waals surface area contributed by atoms with Crippen LogP contribution in [0.1, 0.15) is 51.6 Å². The standard InChI is InChI=1S/C13H16O4/c1-3-4-5-9-6-7-10(12(14)15)11(8(9)2)13(16)17/h6-7H,3-5H2,1-2H3,(H,14,15)(H,16,17). The highest BCUT2D eigenvalue weighted by Crippen LogP contribution is 2.20. The molecule has 1 rings (SSSR count). The molecule has 0 heterocycles. The van der Waals surface area contributed by atoms with Gasteiger partial charge in [-0.1, -0.05) is 19.4 Å². The number of carbonyl (C=O) groups is 2. The van der Waals surface area contributed by atoms with Gasteiger partial charge in [0, 0.05) is 0 Å². The fourth-order valence-electron chi connectivity index (χ4n) is 1.85. The van der Waals surface area contributed by atoms with E-state index >= 15 is 0 Å². The van der Waals surface area contributed by atoms with Crippen LogP contribution in [0.15, 0.2) is 12.1 Å². The van der Waals surface area contributed by atoms with Gasteiger partial charge in [0.1, 0.15) is 0 Å². The molecule has 0 aliphatic carbocycles. The van der Waals surface area contributed by atoms with Gasteiger partial charge in [0.2, 0.25) is 0 Å². The minimum atomic E-state index is -1.20. The molecule has 92 valence electrons. The molecule has 0 aliphatic rings. The van der Waals surface area contributed by atoms with Crippen LogP contribution >= 0.6 is 0 Å². The summed E-state index contributed by atoms with van der Waals surface area (Å²) in [5.74, 6) is -2.38. The molecule has 0 aromatic heterocycles. The molecular formula is C13H16O4. The zero-order valence-electron chi connectivity index (χ0n) is 9.99. The molecule has 0 aliphatic heterocycles. The lowest BCUT2D eigenvalue weighted by Crippen LogP contribution is -2.11. The molecular weight excluding hydrogens is 220 g/mol. The Morgan fingerprint density at radius 1 is 1.18 bits per heavy atom. The first-order valence-corrected chi connectivity index (χ1v) is 5.58. The van der Waals surface area contributed by atoms with E-state index in [0.29, 0.717) is 5.56 Å². The SMILES string of the molecule is CCCCc1ccc(C(=O)O)c(C(=O)O)c1C. The van der Waals surface area contributed by atoms with Gasteiger partial charge in [-0.25, -0.2) is 9.59 Å². The summed E-state index contributed by atoms with van der Waals surface area (Å²) in [4.78, 5) is 22.1. The number of aromatic carboxylic acids is 2. The van der Waals surface area contributed by atoms with Crippen LogP contribution < -0.4 is 0 Å². The molecule has 0 saturated carbocycles. The fraction of sp³-hybridized carbons (Fsp3) is 0.385. The van der Waals surface area contributed by atoms with Crippen molar-refractivity contribution in [2.75, 3.05) is 0 Å². The maximum absolute atomic E-state index is 11.1. The predicted molar refractivity (Wildman–Crippen MR) is 63.7 cm³/mol. The average Bonchev–Trinajstić information content (AvgIpc) is 2.26. The summed E-state index contributed by atoms with van der Waals surface area (Å²) >= 11 is 0. The quantitative estimate of drug-likeness (QED) is 0.824. The second-order valence-electron chi connectivity index (χ2n) is 3.99. The molecule has 0 fully saturated rings. The lowest BCUT2D eigenvalue weighted by atomic mass is 9.94. The first-order valence-electron chi connectivity index (χ1n) is 5.58. The summed E-state index contributed by atoms with van der Waals surface area (Å²) in [5.41, 5.74) is 1.24.